The van der Waals surface area contributed by atoms with E-state index in [0.29, 0.717) is 5.02 Å². The molecule has 36 heavy (non-hydrogen) atoms. The number of benzene rings is 3. The van der Waals surface area contributed by atoms with Crippen LogP contribution in [0.25, 0.3) is 0 Å². The number of halogens is 1. The third kappa shape index (κ3) is 7.62. The summed E-state index contributed by atoms with van der Waals surface area (Å²) in [5.41, 5.74) is 2.34. The first-order valence-electron chi connectivity index (χ1n) is 11.5. The summed E-state index contributed by atoms with van der Waals surface area (Å²) in [6.07, 6.45) is -4.06. The molecule has 3 N–H and O–H groups in total. The predicted octanol–water partition coefficient (Wildman–Crippen LogP) is 4.80. The van der Waals surface area contributed by atoms with Crippen molar-refractivity contribution in [1.29, 1.82) is 0 Å². The van der Waals surface area contributed by atoms with Crippen molar-refractivity contribution in [2.24, 2.45) is 0 Å². The average Bonchev–Trinajstić information content (AvgIpc) is 3.18. The van der Waals surface area contributed by atoms with E-state index in [-0.39, 0.29) is 26.4 Å². The van der Waals surface area contributed by atoms with E-state index < -0.39 is 32.2 Å². The molecule has 0 aromatic heterocycles. The van der Waals surface area contributed by atoms with Crippen LogP contribution >= 0.6 is 19.4 Å². The maximum Gasteiger partial charge on any atom is 0.475 e. The van der Waals surface area contributed by atoms with Crippen molar-refractivity contribution >= 4 is 25.1 Å². The fourth-order valence-electron chi connectivity index (χ4n) is 3.68. The SMILES string of the molecule is O=P(OCc1ccccc1)(OCc1ccccc1)OC[C@H]1O[C@H](CNc2cccc(Cl)c2)[C@@H](O)[C@@H]1O. The van der Waals surface area contributed by atoms with Crippen LogP contribution in [0.3, 0.4) is 0 Å². The zero-order valence-electron chi connectivity index (χ0n) is 19.5. The molecule has 4 atom stereocenters. The molecule has 0 radical (unpaired) electrons. The Balaban J connectivity index is 1.36. The van der Waals surface area contributed by atoms with Gasteiger partial charge in [-0.25, -0.2) is 4.57 Å². The maximum atomic E-state index is 13.4. The molecule has 1 aliphatic heterocycles. The van der Waals surface area contributed by atoms with Crippen LogP contribution in [0.2, 0.25) is 5.02 Å². The van der Waals surface area contributed by atoms with Crippen LogP contribution < -0.4 is 5.32 Å². The van der Waals surface area contributed by atoms with Crippen LogP contribution in [0.5, 0.6) is 0 Å². The molecule has 10 heteroatoms. The fourth-order valence-corrected chi connectivity index (χ4v) is 5.04. The summed E-state index contributed by atoms with van der Waals surface area (Å²) < 4.78 is 36.0. The molecule has 0 spiro atoms. The molecule has 8 nitrogen and oxygen atoms in total. The smallest absolute Gasteiger partial charge is 0.388 e. The zero-order valence-corrected chi connectivity index (χ0v) is 21.1. The van der Waals surface area contributed by atoms with Gasteiger partial charge in [0.15, 0.2) is 0 Å². The second kappa shape index (κ2) is 12.8. The van der Waals surface area contributed by atoms with Gasteiger partial charge in [0.1, 0.15) is 24.4 Å². The molecule has 1 heterocycles. The van der Waals surface area contributed by atoms with Gasteiger partial charge in [-0.05, 0) is 29.3 Å². The van der Waals surface area contributed by atoms with Crippen LogP contribution in [0.15, 0.2) is 84.9 Å². The Morgan fingerprint density at radius 1 is 0.806 bits per heavy atom. The molecule has 0 saturated carbocycles. The van der Waals surface area contributed by atoms with Gasteiger partial charge in [0.25, 0.3) is 0 Å². The Morgan fingerprint density at radius 2 is 1.39 bits per heavy atom. The number of aliphatic hydroxyl groups is 2. The highest BCUT2D eigenvalue weighted by molar-refractivity contribution is 7.48. The number of rotatable bonds is 12. The van der Waals surface area contributed by atoms with E-state index in [4.69, 9.17) is 29.9 Å². The van der Waals surface area contributed by atoms with Gasteiger partial charge in [0.05, 0.1) is 19.8 Å². The van der Waals surface area contributed by atoms with Crippen molar-refractivity contribution in [3.05, 3.63) is 101 Å². The van der Waals surface area contributed by atoms with E-state index in [1.54, 1.807) is 18.2 Å². The Labute approximate surface area is 215 Å². The van der Waals surface area contributed by atoms with Gasteiger partial charge in [-0.2, -0.15) is 0 Å². The Hall–Kier alpha value is -2.26. The fraction of sp³-hybridized carbons (Fsp3) is 0.308. The highest BCUT2D eigenvalue weighted by atomic mass is 35.5. The lowest BCUT2D eigenvalue weighted by molar-refractivity contribution is -0.0240. The van der Waals surface area contributed by atoms with E-state index in [9.17, 15) is 14.8 Å². The summed E-state index contributed by atoms with van der Waals surface area (Å²) in [6.45, 7) is -0.0555. The van der Waals surface area contributed by atoms with Gasteiger partial charge in [-0.15, -0.1) is 0 Å². The van der Waals surface area contributed by atoms with Crippen molar-refractivity contribution in [2.75, 3.05) is 18.5 Å². The standard InChI is InChI=1S/C26H29ClNO7P/c27-21-12-7-13-22(14-21)28-15-23-25(29)26(30)24(35-23)18-34-36(31,32-16-19-8-3-1-4-9-19)33-17-20-10-5-2-6-11-20/h1-14,23-26,28-30H,15-18H2/t23-,24-,25-,26-/m1/s1. The Bertz CT molecular complexity index is 1090. The number of hydrogen-bond acceptors (Lipinski definition) is 8. The predicted molar refractivity (Wildman–Crippen MR) is 137 cm³/mol. The van der Waals surface area contributed by atoms with Gasteiger partial charge < -0.3 is 20.3 Å². The van der Waals surface area contributed by atoms with E-state index in [1.807, 2.05) is 66.7 Å². The molecule has 1 saturated heterocycles. The monoisotopic (exact) mass is 533 g/mol. The first-order valence-corrected chi connectivity index (χ1v) is 13.4. The third-order valence-corrected chi connectivity index (χ3v) is 7.25. The highest BCUT2D eigenvalue weighted by Gasteiger charge is 2.44. The van der Waals surface area contributed by atoms with Crippen molar-refractivity contribution < 1.29 is 33.1 Å². The molecular formula is C26H29ClNO7P. The molecule has 1 aliphatic rings. The molecule has 3 aromatic carbocycles. The van der Waals surface area contributed by atoms with Crippen LogP contribution in [0.1, 0.15) is 11.1 Å². The summed E-state index contributed by atoms with van der Waals surface area (Å²) in [5.74, 6) is 0. The lowest BCUT2D eigenvalue weighted by Crippen LogP contribution is -2.36. The Morgan fingerprint density at radius 3 is 1.97 bits per heavy atom. The summed E-state index contributed by atoms with van der Waals surface area (Å²) in [5, 5.41) is 24.7. The molecule has 4 rings (SSSR count). The molecular weight excluding hydrogens is 505 g/mol. The quantitative estimate of drug-likeness (QED) is 0.285. The lowest BCUT2D eigenvalue weighted by atomic mass is 10.1. The molecule has 192 valence electrons. The zero-order chi connectivity index (χ0) is 25.4. The normalized spacial score (nSPS) is 22.0. The Kier molecular flexibility index (Phi) is 9.53. The number of hydrogen-bond donors (Lipinski definition) is 3. The molecule has 3 aromatic rings. The molecule has 0 amide bonds. The van der Waals surface area contributed by atoms with E-state index >= 15 is 0 Å². The number of nitrogens with one attached hydrogen (secondary N) is 1. The van der Waals surface area contributed by atoms with Gasteiger partial charge >= 0.3 is 7.82 Å². The third-order valence-electron chi connectivity index (χ3n) is 5.65. The average molecular weight is 534 g/mol. The first kappa shape index (κ1) is 26.8. The second-order valence-corrected chi connectivity index (χ2v) is 10.5. The number of phosphoric acid groups is 1. The van der Waals surface area contributed by atoms with Gasteiger partial charge in [0, 0.05) is 17.3 Å². The van der Waals surface area contributed by atoms with Crippen molar-refractivity contribution in [3.63, 3.8) is 0 Å². The van der Waals surface area contributed by atoms with E-state index in [0.717, 1.165) is 16.8 Å². The number of phosphoric ester groups is 1. The van der Waals surface area contributed by atoms with Gasteiger partial charge in [-0.1, -0.05) is 78.3 Å². The van der Waals surface area contributed by atoms with E-state index in [2.05, 4.69) is 5.32 Å². The van der Waals surface area contributed by atoms with Crippen molar-refractivity contribution in [3.8, 4) is 0 Å². The summed E-state index contributed by atoms with van der Waals surface area (Å²) in [7, 11) is -4.04. The first-order chi connectivity index (χ1) is 17.4. The summed E-state index contributed by atoms with van der Waals surface area (Å²) >= 11 is 6.00. The molecule has 0 aliphatic carbocycles. The van der Waals surface area contributed by atoms with Crippen LogP contribution in [-0.4, -0.2) is 47.8 Å². The highest BCUT2D eigenvalue weighted by Crippen LogP contribution is 2.51. The van der Waals surface area contributed by atoms with E-state index in [1.165, 1.54) is 0 Å². The summed E-state index contributed by atoms with van der Waals surface area (Å²) in [4.78, 5) is 0. The van der Waals surface area contributed by atoms with Crippen LogP contribution in [-0.2, 0) is 36.1 Å². The summed E-state index contributed by atoms with van der Waals surface area (Å²) in [6, 6.07) is 25.6. The maximum absolute atomic E-state index is 13.4. The minimum absolute atomic E-state index is 0.00971. The molecule has 1 fully saturated rings. The van der Waals surface area contributed by atoms with Gasteiger partial charge in [-0.3, -0.25) is 13.6 Å². The van der Waals surface area contributed by atoms with Crippen LogP contribution in [0.4, 0.5) is 5.69 Å². The lowest BCUT2D eigenvalue weighted by Gasteiger charge is -2.21. The second-order valence-electron chi connectivity index (χ2n) is 8.35. The largest absolute Gasteiger partial charge is 0.475 e. The van der Waals surface area contributed by atoms with Crippen LogP contribution in [0, 0.1) is 0 Å². The van der Waals surface area contributed by atoms with Gasteiger partial charge in [0.2, 0.25) is 0 Å². The number of anilines is 1. The number of aliphatic hydroxyl groups excluding tert-OH is 2. The van der Waals surface area contributed by atoms with Crippen molar-refractivity contribution in [1.82, 2.24) is 0 Å². The molecule has 0 bridgehead atoms. The number of ether oxygens (including phenoxy) is 1. The topological polar surface area (TPSA) is 106 Å². The minimum atomic E-state index is -4.04. The molecule has 0 unspecified atom stereocenters. The van der Waals surface area contributed by atoms with Crippen molar-refractivity contribution in [2.45, 2.75) is 37.6 Å². The minimum Gasteiger partial charge on any atom is -0.388 e.